The highest BCUT2D eigenvalue weighted by Gasteiger charge is 2.58. The fraction of sp³-hybridized carbons (Fsp3) is 0.875. The van der Waals surface area contributed by atoms with Gasteiger partial charge in [0.15, 0.2) is 5.82 Å². The third-order valence-electron chi connectivity index (χ3n) is 5.93. The van der Waals surface area contributed by atoms with Crippen molar-refractivity contribution in [1.29, 1.82) is 0 Å². The molecular formula is C16H24N2O2. The molecule has 1 aromatic heterocycles. The quantitative estimate of drug-likeness (QED) is 0.919. The lowest BCUT2D eigenvalue weighted by molar-refractivity contribution is -0.0724. The fourth-order valence-corrected chi connectivity index (χ4v) is 5.74. The Hall–Kier alpha value is -0.900. The summed E-state index contributed by atoms with van der Waals surface area (Å²) in [6, 6.07) is 0. The van der Waals surface area contributed by atoms with Crippen LogP contribution in [0, 0.1) is 17.3 Å². The van der Waals surface area contributed by atoms with Crippen LogP contribution in [0.4, 0.5) is 0 Å². The zero-order valence-corrected chi connectivity index (χ0v) is 12.4. The van der Waals surface area contributed by atoms with Gasteiger partial charge in [0.25, 0.3) is 0 Å². The zero-order valence-electron chi connectivity index (χ0n) is 12.4. The van der Waals surface area contributed by atoms with Gasteiger partial charge in [0, 0.05) is 0 Å². The molecule has 4 fully saturated rings. The van der Waals surface area contributed by atoms with Crippen LogP contribution in [0.1, 0.15) is 76.6 Å². The Morgan fingerprint density at radius 3 is 2.60 bits per heavy atom. The Morgan fingerprint density at radius 1 is 1.30 bits per heavy atom. The monoisotopic (exact) mass is 276 g/mol. The second-order valence-corrected chi connectivity index (χ2v) is 7.93. The molecule has 0 spiro atoms. The van der Waals surface area contributed by atoms with Crippen LogP contribution < -0.4 is 0 Å². The van der Waals surface area contributed by atoms with E-state index in [1.807, 2.05) is 6.92 Å². The lowest BCUT2D eigenvalue weighted by atomic mass is 9.44. The molecule has 0 radical (unpaired) electrons. The number of aliphatic hydroxyl groups excluding tert-OH is 1. The molecule has 0 saturated heterocycles. The maximum Gasteiger partial charge on any atom is 0.233 e. The number of hydrogen-bond acceptors (Lipinski definition) is 4. The minimum atomic E-state index is -0.586. The van der Waals surface area contributed by atoms with Crippen molar-refractivity contribution in [1.82, 2.24) is 10.1 Å². The maximum absolute atomic E-state index is 9.89. The summed E-state index contributed by atoms with van der Waals surface area (Å²) in [6.45, 7) is 4.38. The summed E-state index contributed by atoms with van der Waals surface area (Å²) in [5, 5.41) is 13.9. The molecule has 1 N–H and O–H groups in total. The molecule has 4 heteroatoms. The summed E-state index contributed by atoms with van der Waals surface area (Å²) >= 11 is 0. The van der Waals surface area contributed by atoms with E-state index in [0.29, 0.717) is 17.7 Å². The summed E-state index contributed by atoms with van der Waals surface area (Å²) in [5.41, 5.74) is 0.583. The minimum absolute atomic E-state index is 0.109. The molecule has 4 aliphatic carbocycles. The van der Waals surface area contributed by atoms with Crippen LogP contribution in [0.5, 0.6) is 0 Å². The molecule has 1 aromatic rings. The van der Waals surface area contributed by atoms with E-state index in [-0.39, 0.29) is 5.41 Å². The molecule has 4 nitrogen and oxygen atoms in total. The van der Waals surface area contributed by atoms with E-state index in [0.717, 1.165) is 17.7 Å². The molecule has 4 bridgehead atoms. The van der Waals surface area contributed by atoms with Crippen LogP contribution in [0.2, 0.25) is 0 Å². The van der Waals surface area contributed by atoms with Gasteiger partial charge >= 0.3 is 0 Å². The molecule has 4 aliphatic rings. The Kier molecular flexibility index (Phi) is 2.60. The average Bonchev–Trinajstić information content (AvgIpc) is 2.85. The van der Waals surface area contributed by atoms with E-state index in [4.69, 9.17) is 4.52 Å². The molecule has 110 valence electrons. The molecular weight excluding hydrogens is 252 g/mol. The number of aliphatic hydroxyl groups is 1. The second-order valence-electron chi connectivity index (χ2n) is 7.93. The number of rotatable bonds is 3. The molecule has 0 amide bonds. The average molecular weight is 276 g/mol. The van der Waals surface area contributed by atoms with Gasteiger partial charge in [-0.25, -0.2) is 0 Å². The van der Waals surface area contributed by atoms with Crippen molar-refractivity contribution >= 4 is 0 Å². The van der Waals surface area contributed by atoms with Gasteiger partial charge in [0.1, 0.15) is 6.10 Å². The standard InChI is InChI=1S/C16H24N2O2/c1-3-12(19)13-17-14(20-18-13)16-7-10-4-11(8-16)6-15(2,5-10)9-16/h10-12,19H,3-9H2,1-2H3. The molecule has 20 heavy (non-hydrogen) atoms. The first-order chi connectivity index (χ1) is 9.52. The van der Waals surface area contributed by atoms with Crippen molar-refractivity contribution in [3.8, 4) is 0 Å². The van der Waals surface area contributed by atoms with Crippen LogP contribution in [-0.4, -0.2) is 15.2 Å². The highest BCUT2D eigenvalue weighted by atomic mass is 16.5. The lowest BCUT2D eigenvalue weighted by Crippen LogP contribution is -2.53. The van der Waals surface area contributed by atoms with Crippen molar-refractivity contribution < 1.29 is 9.63 Å². The second kappa shape index (κ2) is 4.06. The van der Waals surface area contributed by atoms with E-state index in [1.165, 1.54) is 38.5 Å². The first-order valence-electron chi connectivity index (χ1n) is 8.04. The number of aromatic nitrogens is 2. The highest BCUT2D eigenvalue weighted by Crippen LogP contribution is 2.65. The third-order valence-corrected chi connectivity index (χ3v) is 5.93. The summed E-state index contributed by atoms with van der Waals surface area (Å²) < 4.78 is 5.60. The zero-order chi connectivity index (χ0) is 14.0. The Morgan fingerprint density at radius 2 is 2.00 bits per heavy atom. The van der Waals surface area contributed by atoms with E-state index in [9.17, 15) is 5.11 Å². The number of hydrogen-bond donors (Lipinski definition) is 1. The van der Waals surface area contributed by atoms with Crippen molar-refractivity contribution in [2.45, 2.75) is 70.3 Å². The van der Waals surface area contributed by atoms with E-state index in [1.54, 1.807) is 0 Å². The molecule has 5 rings (SSSR count). The fourth-order valence-electron chi connectivity index (χ4n) is 5.74. The molecule has 4 saturated carbocycles. The van der Waals surface area contributed by atoms with Crippen LogP contribution >= 0.6 is 0 Å². The van der Waals surface area contributed by atoms with Crippen molar-refractivity contribution in [3.63, 3.8) is 0 Å². The van der Waals surface area contributed by atoms with Crippen LogP contribution in [0.25, 0.3) is 0 Å². The molecule has 0 aliphatic heterocycles. The van der Waals surface area contributed by atoms with Gasteiger partial charge in [0.05, 0.1) is 5.41 Å². The molecule has 3 atom stereocenters. The van der Waals surface area contributed by atoms with Crippen LogP contribution in [0.15, 0.2) is 4.52 Å². The van der Waals surface area contributed by atoms with E-state index < -0.39 is 6.10 Å². The normalized spacial score (nSPS) is 44.0. The van der Waals surface area contributed by atoms with Gasteiger partial charge in [-0.05, 0) is 62.2 Å². The van der Waals surface area contributed by atoms with Crippen molar-refractivity contribution in [2.24, 2.45) is 17.3 Å². The molecule has 3 unspecified atom stereocenters. The van der Waals surface area contributed by atoms with E-state index in [2.05, 4.69) is 17.1 Å². The largest absolute Gasteiger partial charge is 0.385 e. The minimum Gasteiger partial charge on any atom is -0.385 e. The van der Waals surface area contributed by atoms with Crippen molar-refractivity contribution in [3.05, 3.63) is 11.7 Å². The predicted molar refractivity (Wildman–Crippen MR) is 74.0 cm³/mol. The first kappa shape index (κ1) is 12.8. The summed E-state index contributed by atoms with van der Waals surface area (Å²) in [5.74, 6) is 2.96. The topological polar surface area (TPSA) is 59.2 Å². The Bertz CT molecular complexity index is 510. The summed E-state index contributed by atoms with van der Waals surface area (Å²) in [6.07, 6.45) is 7.82. The van der Waals surface area contributed by atoms with Gasteiger partial charge in [-0.15, -0.1) is 0 Å². The van der Waals surface area contributed by atoms with Gasteiger partial charge in [-0.2, -0.15) is 4.98 Å². The van der Waals surface area contributed by atoms with Gasteiger partial charge in [-0.3, -0.25) is 0 Å². The summed E-state index contributed by atoms with van der Waals surface area (Å²) in [4.78, 5) is 4.57. The Balaban J connectivity index is 1.69. The predicted octanol–water partition coefficient (Wildman–Crippen LogP) is 3.37. The maximum atomic E-state index is 9.89. The van der Waals surface area contributed by atoms with Crippen LogP contribution in [-0.2, 0) is 5.41 Å². The highest BCUT2D eigenvalue weighted by molar-refractivity contribution is 5.18. The van der Waals surface area contributed by atoms with Gasteiger partial charge < -0.3 is 9.63 Å². The SMILES string of the molecule is CCC(O)c1noc(C23CC4CC(CC(C)(C4)C2)C3)n1. The van der Waals surface area contributed by atoms with Gasteiger partial charge in [0.2, 0.25) is 5.89 Å². The lowest BCUT2D eigenvalue weighted by Gasteiger charge is -2.59. The Labute approximate surface area is 120 Å². The van der Waals surface area contributed by atoms with Crippen molar-refractivity contribution in [2.75, 3.05) is 0 Å². The smallest absolute Gasteiger partial charge is 0.233 e. The summed E-state index contributed by atoms with van der Waals surface area (Å²) in [7, 11) is 0. The van der Waals surface area contributed by atoms with E-state index >= 15 is 0 Å². The molecule has 0 aromatic carbocycles. The number of nitrogens with zero attached hydrogens (tertiary/aromatic N) is 2. The van der Waals surface area contributed by atoms with Gasteiger partial charge in [-0.1, -0.05) is 19.0 Å². The molecule has 1 heterocycles. The van der Waals surface area contributed by atoms with Crippen LogP contribution in [0.3, 0.4) is 0 Å². The third kappa shape index (κ3) is 1.77. The first-order valence-corrected chi connectivity index (χ1v) is 8.04.